The number of nitrogens with two attached hydrogens (primary N) is 1. The second kappa shape index (κ2) is 6.42. The van der Waals surface area contributed by atoms with Gasteiger partial charge in [0.15, 0.2) is 0 Å². The zero-order chi connectivity index (χ0) is 14.5. The maximum atomic E-state index is 12.1. The fourth-order valence-electron chi connectivity index (χ4n) is 1.60. The van der Waals surface area contributed by atoms with Crippen LogP contribution in [0.3, 0.4) is 0 Å². The molecule has 0 saturated heterocycles. The molecule has 6 nitrogen and oxygen atoms in total. The summed E-state index contributed by atoms with van der Waals surface area (Å²) < 4.78 is 1.30. The molecule has 20 heavy (non-hydrogen) atoms. The molecule has 0 unspecified atom stereocenters. The number of rotatable bonds is 5. The largest absolute Gasteiger partial charge is 0.336 e. The van der Waals surface area contributed by atoms with Gasteiger partial charge in [0.1, 0.15) is 6.33 Å². The molecule has 1 heterocycles. The molecule has 7 heteroatoms. The summed E-state index contributed by atoms with van der Waals surface area (Å²) in [6, 6.07) is 7.81. The minimum Gasteiger partial charge on any atom is -0.336 e. The number of hydrogen-bond acceptors (Lipinski definition) is 5. The third-order valence-electron chi connectivity index (χ3n) is 2.82. The monoisotopic (exact) mass is 291 g/mol. The molecular weight excluding hydrogens is 274 g/mol. The lowest BCUT2D eigenvalue weighted by Gasteiger charge is -2.11. The van der Waals surface area contributed by atoms with E-state index in [1.807, 2.05) is 24.3 Å². The number of nitrogens with one attached hydrogen (secondary N) is 1. The Morgan fingerprint density at radius 2 is 2.15 bits per heavy atom. The van der Waals surface area contributed by atoms with Crippen molar-refractivity contribution in [1.29, 1.82) is 0 Å². The normalized spacial score (nSPS) is 12.1. The summed E-state index contributed by atoms with van der Waals surface area (Å²) in [5.41, 5.74) is 2.02. The Morgan fingerprint density at radius 3 is 2.70 bits per heavy atom. The predicted octanol–water partition coefficient (Wildman–Crippen LogP) is 1.67. The van der Waals surface area contributed by atoms with E-state index in [4.69, 9.17) is 5.84 Å². The van der Waals surface area contributed by atoms with Gasteiger partial charge in [-0.25, -0.2) is 4.68 Å². The molecule has 0 saturated carbocycles. The summed E-state index contributed by atoms with van der Waals surface area (Å²) >= 11 is 1.26. The van der Waals surface area contributed by atoms with Gasteiger partial charge in [0.05, 0.1) is 5.25 Å². The second-order valence-electron chi connectivity index (χ2n) is 4.32. The first kappa shape index (κ1) is 14.4. The van der Waals surface area contributed by atoms with E-state index in [1.165, 1.54) is 28.3 Å². The van der Waals surface area contributed by atoms with Gasteiger partial charge in [0.25, 0.3) is 0 Å². The lowest BCUT2D eigenvalue weighted by Crippen LogP contribution is -2.23. The molecule has 1 aromatic carbocycles. The molecule has 1 atom stereocenters. The van der Waals surface area contributed by atoms with Crippen LogP contribution in [-0.2, 0) is 11.2 Å². The summed E-state index contributed by atoms with van der Waals surface area (Å²) in [6.07, 6.45) is 2.38. The van der Waals surface area contributed by atoms with E-state index >= 15 is 0 Å². The maximum absolute atomic E-state index is 12.1. The number of hydrogen-bond donors (Lipinski definition) is 2. The molecule has 3 N–H and O–H groups in total. The number of aromatic nitrogens is 3. The summed E-state index contributed by atoms with van der Waals surface area (Å²) in [5, 5.41) is 10.6. The Bertz CT molecular complexity index is 581. The van der Waals surface area contributed by atoms with Crippen molar-refractivity contribution >= 4 is 23.4 Å². The van der Waals surface area contributed by atoms with Crippen molar-refractivity contribution in [3.05, 3.63) is 36.2 Å². The molecule has 0 aliphatic carbocycles. The van der Waals surface area contributed by atoms with Crippen molar-refractivity contribution in [2.75, 3.05) is 11.2 Å². The fourth-order valence-corrected chi connectivity index (χ4v) is 2.34. The minimum atomic E-state index is -0.313. The Morgan fingerprint density at radius 1 is 1.45 bits per heavy atom. The van der Waals surface area contributed by atoms with Crippen LogP contribution in [0.1, 0.15) is 19.4 Å². The van der Waals surface area contributed by atoms with Crippen LogP contribution in [0.15, 0.2) is 35.7 Å². The van der Waals surface area contributed by atoms with Crippen molar-refractivity contribution in [2.45, 2.75) is 30.7 Å². The van der Waals surface area contributed by atoms with Gasteiger partial charge >= 0.3 is 0 Å². The molecule has 0 aliphatic heterocycles. The number of nitrogen functional groups attached to an aromatic ring is 1. The van der Waals surface area contributed by atoms with Crippen LogP contribution in [0.25, 0.3) is 0 Å². The number of benzene rings is 1. The first-order valence-electron chi connectivity index (χ1n) is 6.31. The number of carbonyl (C=O) groups excluding carboxylic acids is 1. The van der Waals surface area contributed by atoms with E-state index in [0.717, 1.165) is 12.1 Å². The topological polar surface area (TPSA) is 85.8 Å². The molecule has 2 rings (SSSR count). The molecule has 0 fully saturated rings. The second-order valence-corrected chi connectivity index (χ2v) is 5.63. The van der Waals surface area contributed by atoms with Crippen molar-refractivity contribution in [1.82, 2.24) is 14.9 Å². The molecule has 0 bridgehead atoms. The van der Waals surface area contributed by atoms with Gasteiger partial charge < -0.3 is 11.2 Å². The Hall–Kier alpha value is -2.02. The van der Waals surface area contributed by atoms with Crippen LogP contribution in [0, 0.1) is 0 Å². The third kappa shape index (κ3) is 3.51. The average Bonchev–Trinajstić information content (AvgIpc) is 2.85. The summed E-state index contributed by atoms with van der Waals surface area (Å²) in [7, 11) is 0. The van der Waals surface area contributed by atoms with Crippen LogP contribution < -0.4 is 11.2 Å². The van der Waals surface area contributed by atoms with E-state index in [2.05, 4.69) is 22.4 Å². The zero-order valence-corrected chi connectivity index (χ0v) is 12.2. The van der Waals surface area contributed by atoms with Gasteiger partial charge in [-0.15, -0.1) is 10.2 Å². The van der Waals surface area contributed by atoms with Gasteiger partial charge in [0, 0.05) is 5.69 Å². The maximum Gasteiger partial charge on any atom is 0.237 e. The van der Waals surface area contributed by atoms with Crippen LogP contribution in [0.4, 0.5) is 5.69 Å². The van der Waals surface area contributed by atoms with Crippen LogP contribution in [0.5, 0.6) is 0 Å². The fraction of sp³-hybridized carbons (Fsp3) is 0.308. The van der Waals surface area contributed by atoms with Gasteiger partial charge in [-0.05, 0) is 31.0 Å². The van der Waals surface area contributed by atoms with Gasteiger partial charge in [-0.1, -0.05) is 30.8 Å². The molecule has 0 spiro atoms. The summed E-state index contributed by atoms with van der Waals surface area (Å²) in [5.74, 6) is 5.52. The average molecular weight is 291 g/mol. The first-order valence-corrected chi connectivity index (χ1v) is 7.19. The van der Waals surface area contributed by atoms with Crippen molar-refractivity contribution in [3.8, 4) is 0 Å². The molecular formula is C13H17N5OS. The van der Waals surface area contributed by atoms with E-state index in [9.17, 15) is 4.79 Å². The van der Waals surface area contributed by atoms with Crippen LogP contribution in [0.2, 0.25) is 0 Å². The molecule has 0 aliphatic rings. The predicted molar refractivity (Wildman–Crippen MR) is 79.9 cm³/mol. The highest BCUT2D eigenvalue weighted by Gasteiger charge is 2.17. The number of anilines is 1. The minimum absolute atomic E-state index is 0.0951. The van der Waals surface area contributed by atoms with E-state index in [1.54, 1.807) is 6.92 Å². The van der Waals surface area contributed by atoms with Gasteiger partial charge in [0.2, 0.25) is 11.1 Å². The highest BCUT2D eigenvalue weighted by Crippen LogP contribution is 2.21. The number of nitrogens with zero attached hydrogens (tertiary/aromatic N) is 3. The lowest BCUT2D eigenvalue weighted by molar-refractivity contribution is -0.115. The van der Waals surface area contributed by atoms with Crippen LogP contribution in [-0.4, -0.2) is 26.0 Å². The van der Waals surface area contributed by atoms with Crippen molar-refractivity contribution < 1.29 is 4.79 Å². The van der Waals surface area contributed by atoms with Gasteiger partial charge in [-0.3, -0.25) is 4.79 Å². The van der Waals surface area contributed by atoms with E-state index < -0.39 is 0 Å². The van der Waals surface area contributed by atoms with E-state index in [-0.39, 0.29) is 11.2 Å². The van der Waals surface area contributed by atoms with Gasteiger partial charge in [-0.2, -0.15) is 0 Å². The van der Waals surface area contributed by atoms with Crippen molar-refractivity contribution in [3.63, 3.8) is 0 Å². The third-order valence-corrected chi connectivity index (χ3v) is 3.89. The highest BCUT2D eigenvalue weighted by atomic mass is 32.2. The zero-order valence-electron chi connectivity index (χ0n) is 11.4. The molecule has 2 aromatic rings. The number of thioether (sulfide) groups is 1. The highest BCUT2D eigenvalue weighted by molar-refractivity contribution is 8.00. The smallest absolute Gasteiger partial charge is 0.237 e. The SMILES string of the molecule is CCc1ccc(NC(=O)[C@H](C)Sc2nncn2N)cc1. The Balaban J connectivity index is 1.95. The lowest BCUT2D eigenvalue weighted by atomic mass is 10.1. The molecule has 0 radical (unpaired) electrons. The standard InChI is InChI=1S/C13H17N5OS/c1-3-10-4-6-11(7-5-10)16-12(19)9(2)20-13-17-15-8-18(13)14/h4-9H,3,14H2,1-2H3,(H,16,19)/t9-/m0/s1. The number of aryl methyl sites for hydroxylation is 1. The Kier molecular flexibility index (Phi) is 4.62. The quantitative estimate of drug-likeness (QED) is 0.646. The van der Waals surface area contributed by atoms with Crippen molar-refractivity contribution in [2.24, 2.45) is 0 Å². The van der Waals surface area contributed by atoms with Crippen LogP contribution >= 0.6 is 11.8 Å². The summed E-state index contributed by atoms with van der Waals surface area (Å²) in [6.45, 7) is 3.89. The molecule has 1 aromatic heterocycles. The summed E-state index contributed by atoms with van der Waals surface area (Å²) in [4.78, 5) is 12.1. The first-order chi connectivity index (χ1) is 9.60. The molecule has 1 amide bonds. The molecule has 106 valence electrons. The number of carbonyl (C=O) groups is 1. The Labute approximate surface area is 121 Å². The van der Waals surface area contributed by atoms with E-state index in [0.29, 0.717) is 5.16 Å². The number of amides is 1.